The van der Waals surface area contributed by atoms with Gasteiger partial charge in [0.2, 0.25) is 11.8 Å². The van der Waals surface area contributed by atoms with Gasteiger partial charge in [-0.1, -0.05) is 6.07 Å². The Morgan fingerprint density at radius 3 is 2.38 bits per heavy atom. The zero-order valence-electron chi connectivity index (χ0n) is 14.8. The first-order valence-corrected chi connectivity index (χ1v) is 8.54. The quantitative estimate of drug-likeness (QED) is 0.887. The maximum absolute atomic E-state index is 12.5. The van der Waals surface area contributed by atoms with Gasteiger partial charge in [-0.3, -0.25) is 14.4 Å². The lowest BCUT2D eigenvalue weighted by Gasteiger charge is -2.16. The maximum atomic E-state index is 12.5. The average molecular weight is 351 g/mol. The van der Waals surface area contributed by atoms with Crippen molar-refractivity contribution in [3.8, 4) is 0 Å². The zero-order valence-corrected chi connectivity index (χ0v) is 14.8. The van der Waals surface area contributed by atoms with Gasteiger partial charge >= 0.3 is 0 Å². The summed E-state index contributed by atoms with van der Waals surface area (Å²) in [6.07, 6.45) is 1.44. The highest BCUT2D eigenvalue weighted by molar-refractivity contribution is 6.05. The second-order valence-corrected chi connectivity index (χ2v) is 6.36. The highest BCUT2D eigenvalue weighted by atomic mass is 16.2. The van der Waals surface area contributed by atoms with Gasteiger partial charge in [-0.15, -0.1) is 0 Å². The van der Waals surface area contributed by atoms with Gasteiger partial charge < -0.3 is 15.5 Å². The molecule has 6 nitrogen and oxygen atoms in total. The SMILES string of the molecule is CC(=O)Nc1cc(NC(=O)c2ccc(N3CCCC3=O)cc2)ccc1C. The van der Waals surface area contributed by atoms with Crippen LogP contribution in [0.2, 0.25) is 0 Å². The molecule has 1 aliphatic rings. The number of anilines is 3. The Morgan fingerprint density at radius 2 is 1.77 bits per heavy atom. The lowest BCUT2D eigenvalue weighted by atomic mass is 10.1. The van der Waals surface area contributed by atoms with Crippen molar-refractivity contribution in [1.29, 1.82) is 0 Å². The molecule has 0 saturated carbocycles. The van der Waals surface area contributed by atoms with Crippen LogP contribution in [0.25, 0.3) is 0 Å². The summed E-state index contributed by atoms with van der Waals surface area (Å²) >= 11 is 0. The number of amides is 3. The van der Waals surface area contributed by atoms with E-state index in [4.69, 9.17) is 0 Å². The monoisotopic (exact) mass is 351 g/mol. The highest BCUT2D eigenvalue weighted by Gasteiger charge is 2.21. The Balaban J connectivity index is 1.72. The molecule has 6 heteroatoms. The van der Waals surface area contributed by atoms with Crippen molar-refractivity contribution >= 4 is 34.8 Å². The van der Waals surface area contributed by atoms with Crippen LogP contribution in [0.4, 0.5) is 17.1 Å². The predicted molar refractivity (Wildman–Crippen MR) is 101 cm³/mol. The van der Waals surface area contributed by atoms with Crippen LogP contribution in [0.15, 0.2) is 42.5 Å². The van der Waals surface area contributed by atoms with Crippen molar-refractivity contribution < 1.29 is 14.4 Å². The fourth-order valence-electron chi connectivity index (χ4n) is 2.94. The summed E-state index contributed by atoms with van der Waals surface area (Å²) in [6, 6.07) is 12.3. The largest absolute Gasteiger partial charge is 0.326 e. The van der Waals surface area contributed by atoms with Crippen molar-refractivity contribution in [2.75, 3.05) is 22.1 Å². The molecule has 1 aliphatic heterocycles. The molecule has 0 bridgehead atoms. The summed E-state index contributed by atoms with van der Waals surface area (Å²) < 4.78 is 0. The Bertz CT molecular complexity index is 859. The van der Waals surface area contributed by atoms with E-state index in [0.29, 0.717) is 23.4 Å². The van der Waals surface area contributed by atoms with Crippen molar-refractivity contribution in [2.45, 2.75) is 26.7 Å². The number of carbonyl (C=O) groups excluding carboxylic acids is 3. The summed E-state index contributed by atoms with van der Waals surface area (Å²) in [5.41, 5.74) is 3.49. The van der Waals surface area contributed by atoms with E-state index in [1.807, 2.05) is 13.0 Å². The van der Waals surface area contributed by atoms with Crippen LogP contribution in [0.1, 0.15) is 35.7 Å². The van der Waals surface area contributed by atoms with E-state index >= 15 is 0 Å². The summed E-state index contributed by atoms with van der Waals surface area (Å²) in [6.45, 7) is 4.05. The minimum Gasteiger partial charge on any atom is -0.326 e. The Hall–Kier alpha value is -3.15. The second-order valence-electron chi connectivity index (χ2n) is 6.36. The molecule has 0 unspecified atom stereocenters. The number of hydrogen-bond donors (Lipinski definition) is 2. The molecule has 0 spiro atoms. The van der Waals surface area contributed by atoms with E-state index in [1.54, 1.807) is 41.3 Å². The van der Waals surface area contributed by atoms with Crippen molar-refractivity contribution in [3.63, 3.8) is 0 Å². The number of rotatable bonds is 4. The van der Waals surface area contributed by atoms with Crippen LogP contribution in [0, 0.1) is 6.92 Å². The summed E-state index contributed by atoms with van der Waals surface area (Å²) in [4.78, 5) is 37.2. The first-order chi connectivity index (χ1) is 12.4. The topological polar surface area (TPSA) is 78.5 Å². The van der Waals surface area contributed by atoms with Crippen LogP contribution >= 0.6 is 0 Å². The predicted octanol–water partition coefficient (Wildman–Crippen LogP) is 3.33. The summed E-state index contributed by atoms with van der Waals surface area (Å²) in [5.74, 6) is -0.294. The van der Waals surface area contributed by atoms with Gasteiger partial charge in [0.15, 0.2) is 0 Å². The molecule has 1 heterocycles. The number of carbonyl (C=O) groups is 3. The molecular formula is C20H21N3O3. The molecule has 0 radical (unpaired) electrons. The molecule has 3 amide bonds. The number of nitrogens with one attached hydrogen (secondary N) is 2. The fourth-order valence-corrected chi connectivity index (χ4v) is 2.94. The molecule has 26 heavy (non-hydrogen) atoms. The van der Waals surface area contributed by atoms with E-state index in [1.165, 1.54) is 6.92 Å². The average Bonchev–Trinajstić information content (AvgIpc) is 3.03. The van der Waals surface area contributed by atoms with Crippen LogP contribution in [-0.4, -0.2) is 24.3 Å². The van der Waals surface area contributed by atoms with E-state index < -0.39 is 0 Å². The standard InChI is InChI=1S/C20H21N3O3/c1-13-5-8-16(12-18(13)21-14(2)24)22-20(26)15-6-9-17(10-7-15)23-11-3-4-19(23)25/h5-10,12H,3-4,11H2,1-2H3,(H,21,24)(H,22,26). The second kappa shape index (κ2) is 7.39. The Labute approximate surface area is 152 Å². The minimum absolute atomic E-state index is 0.118. The molecule has 0 aliphatic carbocycles. The minimum atomic E-state index is -0.248. The normalized spacial score (nSPS) is 13.6. The fraction of sp³-hybridized carbons (Fsp3) is 0.250. The highest BCUT2D eigenvalue weighted by Crippen LogP contribution is 2.23. The van der Waals surface area contributed by atoms with Gasteiger partial charge in [-0.25, -0.2) is 0 Å². The molecule has 2 aromatic rings. The third kappa shape index (κ3) is 3.91. The van der Waals surface area contributed by atoms with Gasteiger partial charge in [-0.05, 0) is 55.3 Å². The molecule has 2 N–H and O–H groups in total. The zero-order chi connectivity index (χ0) is 18.7. The molecular weight excluding hydrogens is 330 g/mol. The molecule has 0 aromatic heterocycles. The Kier molecular flexibility index (Phi) is 5.02. The number of hydrogen-bond acceptors (Lipinski definition) is 3. The van der Waals surface area contributed by atoms with Gasteiger partial charge in [0.1, 0.15) is 0 Å². The lowest BCUT2D eigenvalue weighted by molar-refractivity contribution is -0.117. The smallest absolute Gasteiger partial charge is 0.255 e. The van der Waals surface area contributed by atoms with Crippen molar-refractivity contribution in [3.05, 3.63) is 53.6 Å². The van der Waals surface area contributed by atoms with E-state index in [2.05, 4.69) is 10.6 Å². The molecule has 1 saturated heterocycles. The molecule has 1 fully saturated rings. The van der Waals surface area contributed by atoms with Crippen molar-refractivity contribution in [2.24, 2.45) is 0 Å². The van der Waals surface area contributed by atoms with Crippen LogP contribution in [0.3, 0.4) is 0 Å². The lowest BCUT2D eigenvalue weighted by Crippen LogP contribution is -2.23. The molecule has 0 atom stereocenters. The third-order valence-electron chi connectivity index (χ3n) is 4.32. The van der Waals surface area contributed by atoms with Gasteiger partial charge in [0.05, 0.1) is 0 Å². The number of aryl methyl sites for hydroxylation is 1. The van der Waals surface area contributed by atoms with Gasteiger partial charge in [0.25, 0.3) is 5.91 Å². The molecule has 2 aromatic carbocycles. The summed E-state index contributed by atoms with van der Waals surface area (Å²) in [5, 5.41) is 5.57. The Morgan fingerprint density at radius 1 is 1.04 bits per heavy atom. The van der Waals surface area contributed by atoms with E-state index in [0.717, 1.165) is 24.2 Å². The van der Waals surface area contributed by atoms with Crippen LogP contribution < -0.4 is 15.5 Å². The van der Waals surface area contributed by atoms with Crippen LogP contribution in [-0.2, 0) is 9.59 Å². The first-order valence-electron chi connectivity index (χ1n) is 8.54. The van der Waals surface area contributed by atoms with E-state index in [9.17, 15) is 14.4 Å². The van der Waals surface area contributed by atoms with Gasteiger partial charge in [-0.2, -0.15) is 0 Å². The number of nitrogens with zero attached hydrogens (tertiary/aromatic N) is 1. The van der Waals surface area contributed by atoms with Crippen LogP contribution in [0.5, 0.6) is 0 Å². The third-order valence-corrected chi connectivity index (χ3v) is 4.32. The first kappa shape index (κ1) is 17.7. The van der Waals surface area contributed by atoms with Gasteiger partial charge in [0, 0.05) is 42.5 Å². The maximum Gasteiger partial charge on any atom is 0.255 e. The molecule has 3 rings (SSSR count). The van der Waals surface area contributed by atoms with E-state index in [-0.39, 0.29) is 17.7 Å². The van der Waals surface area contributed by atoms with Crippen molar-refractivity contribution in [1.82, 2.24) is 0 Å². The molecule has 134 valence electrons. The summed E-state index contributed by atoms with van der Waals surface area (Å²) in [7, 11) is 0. The number of benzene rings is 2.